The van der Waals surface area contributed by atoms with Crippen molar-refractivity contribution in [1.82, 2.24) is 0 Å². The van der Waals surface area contributed by atoms with Gasteiger partial charge in [-0.3, -0.25) is 0 Å². The van der Waals surface area contributed by atoms with E-state index in [0.717, 1.165) is 6.42 Å². The van der Waals surface area contributed by atoms with Gasteiger partial charge in [0.25, 0.3) is 0 Å². The first-order valence-corrected chi connectivity index (χ1v) is 17.7. The predicted molar refractivity (Wildman–Crippen MR) is 134 cm³/mol. The Morgan fingerprint density at radius 1 is 0.786 bits per heavy atom. The average molecular weight is 407 g/mol. The first-order valence-electron chi connectivity index (χ1n) is 10.7. The SMILES string of the molecule is Cc1ccc2c(c1-c1cc([Si](C)(C)C)cc([Si](C)(C)C)c1)C=C(C(C)(C)C)C2. The third kappa shape index (κ3) is 4.13. The van der Waals surface area contributed by atoms with Crippen molar-refractivity contribution >= 4 is 32.6 Å². The molecule has 0 amide bonds. The van der Waals surface area contributed by atoms with Gasteiger partial charge in [-0.05, 0) is 46.6 Å². The first-order chi connectivity index (χ1) is 12.7. The van der Waals surface area contributed by atoms with E-state index < -0.39 is 16.1 Å². The summed E-state index contributed by atoms with van der Waals surface area (Å²) in [7, 11) is -2.77. The molecule has 0 bridgehead atoms. The number of hydrogen-bond acceptors (Lipinski definition) is 0. The maximum Gasteiger partial charge on any atom is 0.0776 e. The fraction of sp³-hybridized carbons (Fsp3) is 0.462. The van der Waals surface area contributed by atoms with Gasteiger partial charge in [-0.25, -0.2) is 0 Å². The summed E-state index contributed by atoms with van der Waals surface area (Å²) in [6, 6.07) is 12.3. The van der Waals surface area contributed by atoms with Gasteiger partial charge >= 0.3 is 0 Å². The van der Waals surface area contributed by atoms with E-state index in [1.807, 2.05) is 0 Å². The molecule has 0 heterocycles. The van der Waals surface area contributed by atoms with E-state index >= 15 is 0 Å². The second-order valence-corrected chi connectivity index (χ2v) is 21.9. The van der Waals surface area contributed by atoms with Gasteiger partial charge in [-0.15, -0.1) is 0 Å². The fourth-order valence-corrected chi connectivity index (χ4v) is 6.52. The lowest BCUT2D eigenvalue weighted by molar-refractivity contribution is 0.498. The average Bonchev–Trinajstić information content (AvgIpc) is 2.97. The van der Waals surface area contributed by atoms with Gasteiger partial charge in [0, 0.05) is 0 Å². The van der Waals surface area contributed by atoms with Gasteiger partial charge in [-0.2, -0.15) is 0 Å². The molecule has 0 radical (unpaired) electrons. The number of aryl methyl sites for hydroxylation is 1. The van der Waals surface area contributed by atoms with Crippen LogP contribution >= 0.6 is 0 Å². The van der Waals surface area contributed by atoms with Crippen LogP contribution in [0.2, 0.25) is 39.3 Å². The highest BCUT2D eigenvalue weighted by atomic mass is 28.3. The summed E-state index contributed by atoms with van der Waals surface area (Å²) in [6.07, 6.45) is 3.59. The minimum Gasteiger partial charge on any atom is -0.0656 e. The van der Waals surface area contributed by atoms with Crippen LogP contribution in [0.5, 0.6) is 0 Å². The molecule has 0 spiro atoms. The van der Waals surface area contributed by atoms with E-state index in [1.165, 1.54) is 27.8 Å². The van der Waals surface area contributed by atoms with Crippen molar-refractivity contribution in [1.29, 1.82) is 0 Å². The number of hydrogen-bond donors (Lipinski definition) is 0. The topological polar surface area (TPSA) is 0 Å². The Bertz CT molecular complexity index is 910. The second kappa shape index (κ2) is 6.84. The van der Waals surface area contributed by atoms with Crippen molar-refractivity contribution in [3.63, 3.8) is 0 Å². The highest BCUT2D eigenvalue weighted by Gasteiger charge is 2.27. The minimum atomic E-state index is -1.39. The molecule has 0 N–H and O–H groups in total. The lowest BCUT2D eigenvalue weighted by Gasteiger charge is -2.25. The molecular formula is C26H38Si2. The Morgan fingerprint density at radius 2 is 1.32 bits per heavy atom. The van der Waals surface area contributed by atoms with Crippen molar-refractivity contribution in [2.24, 2.45) is 5.41 Å². The molecule has 28 heavy (non-hydrogen) atoms. The quantitative estimate of drug-likeness (QED) is 0.495. The van der Waals surface area contributed by atoms with Gasteiger partial charge in [0.1, 0.15) is 0 Å². The Balaban J connectivity index is 2.29. The number of benzene rings is 2. The van der Waals surface area contributed by atoms with E-state index in [4.69, 9.17) is 0 Å². The molecule has 0 aromatic heterocycles. The molecule has 0 saturated carbocycles. The summed E-state index contributed by atoms with van der Waals surface area (Å²) in [5.41, 5.74) is 9.07. The molecule has 0 unspecified atom stereocenters. The molecule has 2 aromatic rings. The van der Waals surface area contributed by atoms with E-state index in [-0.39, 0.29) is 5.41 Å². The Hall–Kier alpha value is -1.39. The molecule has 0 aliphatic heterocycles. The normalized spacial score (nSPS) is 14.9. The molecule has 0 saturated heterocycles. The number of allylic oxidation sites excluding steroid dienone is 1. The van der Waals surface area contributed by atoms with Gasteiger partial charge < -0.3 is 0 Å². The van der Waals surface area contributed by atoms with Crippen LogP contribution < -0.4 is 10.4 Å². The molecule has 2 heteroatoms. The monoisotopic (exact) mass is 406 g/mol. The molecule has 0 nitrogen and oxygen atoms in total. The standard InChI is InChI=1S/C26H38Si2/c1-18-11-12-19-13-21(26(2,3)4)16-24(19)25(18)20-14-22(27(5,6)7)17-23(15-20)28(8,9)10/h11-12,14-17H,13H2,1-10H3. The van der Waals surface area contributed by atoms with E-state index in [2.05, 4.69) is 103 Å². The van der Waals surface area contributed by atoms with Crippen LogP contribution in [0.3, 0.4) is 0 Å². The molecule has 150 valence electrons. The summed E-state index contributed by atoms with van der Waals surface area (Å²) in [5, 5.41) is 3.19. The maximum atomic E-state index is 2.54. The van der Waals surface area contributed by atoms with Crippen LogP contribution in [0.15, 0.2) is 35.9 Å². The van der Waals surface area contributed by atoms with Crippen molar-refractivity contribution in [2.45, 2.75) is 73.4 Å². The molecule has 3 rings (SSSR count). The summed E-state index contributed by atoms with van der Waals surface area (Å²) in [4.78, 5) is 0. The van der Waals surface area contributed by atoms with Crippen LogP contribution in [0.4, 0.5) is 0 Å². The lowest BCUT2D eigenvalue weighted by Crippen LogP contribution is -2.45. The Morgan fingerprint density at radius 3 is 1.79 bits per heavy atom. The Kier molecular flexibility index (Phi) is 5.21. The van der Waals surface area contributed by atoms with Crippen LogP contribution in [-0.2, 0) is 6.42 Å². The zero-order valence-corrected chi connectivity index (χ0v) is 21.7. The highest BCUT2D eigenvalue weighted by Crippen LogP contribution is 2.41. The van der Waals surface area contributed by atoms with Crippen molar-refractivity contribution in [2.75, 3.05) is 0 Å². The minimum absolute atomic E-state index is 0.230. The second-order valence-electron chi connectivity index (χ2n) is 11.7. The summed E-state index contributed by atoms with van der Waals surface area (Å²) in [6.45, 7) is 24.1. The van der Waals surface area contributed by atoms with Gasteiger partial charge in [-0.1, -0.05) is 112 Å². The van der Waals surface area contributed by atoms with E-state index in [9.17, 15) is 0 Å². The largest absolute Gasteiger partial charge is 0.0776 e. The summed E-state index contributed by atoms with van der Waals surface area (Å²) in [5.74, 6) is 0. The van der Waals surface area contributed by atoms with Crippen LogP contribution in [0.25, 0.3) is 17.2 Å². The molecule has 0 fully saturated rings. The van der Waals surface area contributed by atoms with Gasteiger partial charge in [0.15, 0.2) is 0 Å². The Labute approximate surface area is 175 Å². The fourth-order valence-electron chi connectivity index (χ4n) is 4.02. The number of fused-ring (bicyclic) bond motifs is 1. The van der Waals surface area contributed by atoms with E-state index in [0.29, 0.717) is 0 Å². The first kappa shape index (κ1) is 21.3. The number of rotatable bonds is 3. The smallest absolute Gasteiger partial charge is 0.0656 e. The molecular weight excluding hydrogens is 368 g/mol. The molecule has 0 atom stereocenters. The third-order valence-electron chi connectivity index (χ3n) is 6.16. The van der Waals surface area contributed by atoms with Crippen LogP contribution in [-0.4, -0.2) is 16.1 Å². The summed E-state index contributed by atoms with van der Waals surface area (Å²) < 4.78 is 0. The summed E-state index contributed by atoms with van der Waals surface area (Å²) >= 11 is 0. The molecule has 1 aliphatic rings. The molecule has 2 aromatic carbocycles. The maximum absolute atomic E-state index is 2.54. The van der Waals surface area contributed by atoms with Gasteiger partial charge in [0.05, 0.1) is 16.1 Å². The van der Waals surface area contributed by atoms with Crippen molar-refractivity contribution in [3.8, 4) is 11.1 Å². The zero-order valence-electron chi connectivity index (χ0n) is 19.7. The van der Waals surface area contributed by atoms with Crippen molar-refractivity contribution in [3.05, 3.63) is 52.6 Å². The van der Waals surface area contributed by atoms with Gasteiger partial charge in [0.2, 0.25) is 0 Å². The highest BCUT2D eigenvalue weighted by molar-refractivity contribution is 6.91. The van der Waals surface area contributed by atoms with Crippen LogP contribution in [0.1, 0.15) is 37.5 Å². The lowest BCUT2D eigenvalue weighted by atomic mass is 9.85. The van der Waals surface area contributed by atoms with Crippen LogP contribution in [0, 0.1) is 12.3 Å². The molecule has 1 aliphatic carbocycles. The third-order valence-corrected chi connectivity index (χ3v) is 10.2. The van der Waals surface area contributed by atoms with E-state index in [1.54, 1.807) is 15.9 Å². The predicted octanol–water partition coefficient (Wildman–Crippen LogP) is 6.74. The zero-order chi connectivity index (χ0) is 21.1. The van der Waals surface area contributed by atoms with Crippen molar-refractivity contribution < 1.29 is 0 Å².